The molecule has 0 saturated heterocycles. The molecule has 0 saturated carbocycles. The first-order chi connectivity index (χ1) is 12.3. The average Bonchev–Trinajstić information content (AvgIpc) is 2.65. The standard InChI is InChI=1S/2C6H15P.C5F4N.ClH.Ni/c2*1-4-7(5-2)6-3;6-2-1-3(7)10-5(9)4(2)8;;/h2*4-6H2,1-3H3;;1H;/q;;-1;;+1/p-1. The van der Waals surface area contributed by atoms with Gasteiger partial charge in [0.25, 0.3) is 0 Å². The summed E-state index contributed by atoms with van der Waals surface area (Å²) in [6.45, 7) is 13.7. The van der Waals surface area contributed by atoms with Gasteiger partial charge in [-0.3, -0.25) is 0 Å². The molecule has 26 heavy (non-hydrogen) atoms. The van der Waals surface area contributed by atoms with Crippen molar-refractivity contribution in [1.29, 1.82) is 0 Å². The van der Waals surface area contributed by atoms with Gasteiger partial charge in [0.2, 0.25) is 0 Å². The molecular weight excluding hydrogens is 450 g/mol. The Morgan fingerprint density at radius 1 is 0.769 bits per heavy atom. The van der Waals surface area contributed by atoms with Crippen LogP contribution < -0.4 is 0 Å². The Hall–Kier alpha value is 0.514. The van der Waals surface area contributed by atoms with Gasteiger partial charge in [-0.25, -0.2) is 18.2 Å². The molecule has 9 heteroatoms. The number of nitrogens with zero attached hydrogens (tertiary/aromatic N) is 1. The molecule has 1 aromatic heterocycles. The maximum atomic E-state index is 11.9. The summed E-state index contributed by atoms with van der Waals surface area (Å²) in [5, 5.41) is 0. The number of halogens is 5. The zero-order chi connectivity index (χ0) is 21.1. The van der Waals surface area contributed by atoms with Crippen molar-refractivity contribution < 1.29 is 32.1 Å². The first-order valence-corrected chi connectivity index (χ1v) is 13.6. The average molecular weight is 481 g/mol. The van der Waals surface area contributed by atoms with E-state index in [9.17, 15) is 17.6 Å². The van der Waals surface area contributed by atoms with E-state index in [4.69, 9.17) is 0 Å². The summed E-state index contributed by atoms with van der Waals surface area (Å²) in [4.78, 5) is 2.33. The predicted molar refractivity (Wildman–Crippen MR) is 106 cm³/mol. The van der Waals surface area contributed by atoms with Crippen molar-refractivity contribution in [1.82, 2.24) is 4.98 Å². The predicted octanol–water partition coefficient (Wildman–Crippen LogP) is 7.18. The van der Waals surface area contributed by atoms with Crippen LogP contribution in [0.2, 0.25) is 0 Å². The number of hydrogen-bond acceptors (Lipinski definition) is 1. The van der Waals surface area contributed by atoms with Crippen LogP contribution in [0.5, 0.6) is 0 Å². The summed E-state index contributed by atoms with van der Waals surface area (Å²) in [5.41, 5.74) is 0. The van der Waals surface area contributed by atoms with Gasteiger partial charge in [0.1, 0.15) is 5.95 Å². The fourth-order valence-corrected chi connectivity index (χ4v) is 4.42. The molecule has 0 aliphatic carbocycles. The van der Waals surface area contributed by atoms with Crippen LogP contribution in [0.1, 0.15) is 41.5 Å². The number of rotatable bonds is 6. The number of aromatic nitrogens is 1. The fourth-order valence-electron chi connectivity index (χ4n) is 1.74. The molecule has 0 bridgehead atoms. The van der Waals surface area contributed by atoms with Crippen molar-refractivity contribution in [2.75, 3.05) is 37.0 Å². The van der Waals surface area contributed by atoms with E-state index >= 15 is 0 Å². The minimum absolute atomic E-state index is 0.446. The van der Waals surface area contributed by atoms with Crippen LogP contribution in [-0.2, 0) is 14.6 Å². The molecular formula is C17H30ClF4NNiP2-. The van der Waals surface area contributed by atoms with Gasteiger partial charge >= 0.3 is 24.8 Å². The van der Waals surface area contributed by atoms with Crippen molar-refractivity contribution in [2.24, 2.45) is 0 Å². The Bertz CT molecular complexity index is 391. The molecule has 0 radical (unpaired) electrons. The van der Waals surface area contributed by atoms with Gasteiger partial charge in [0, 0.05) is 0 Å². The second kappa shape index (κ2) is 21.8. The monoisotopic (exact) mass is 479 g/mol. The number of pyridine rings is 1. The maximum absolute atomic E-state index is 11.9. The summed E-state index contributed by atoms with van der Waals surface area (Å²) in [6, 6.07) is 1.22. The molecule has 0 unspecified atom stereocenters. The van der Waals surface area contributed by atoms with Crippen LogP contribution in [0.4, 0.5) is 17.6 Å². The van der Waals surface area contributed by atoms with E-state index in [1.54, 1.807) is 0 Å². The molecule has 1 aromatic rings. The van der Waals surface area contributed by atoms with Gasteiger partial charge in [-0.05, 0) is 42.8 Å². The summed E-state index contributed by atoms with van der Waals surface area (Å²) >= 11 is 3.35. The molecule has 159 valence electrons. The van der Waals surface area contributed by atoms with Gasteiger partial charge in [-0.15, -0.1) is 15.8 Å². The quantitative estimate of drug-likeness (QED) is 0.138. The Balaban J connectivity index is -0.000000299. The zero-order valence-electron chi connectivity index (χ0n) is 16.3. The second-order valence-electron chi connectivity index (χ2n) is 4.69. The molecule has 1 heterocycles. The second-order valence-corrected chi connectivity index (χ2v) is 11.2. The number of hydrogen-bond donors (Lipinski definition) is 0. The van der Waals surface area contributed by atoms with Crippen molar-refractivity contribution in [3.05, 3.63) is 29.6 Å². The topological polar surface area (TPSA) is 12.9 Å². The zero-order valence-corrected chi connectivity index (χ0v) is 19.8. The molecule has 0 aromatic carbocycles. The van der Waals surface area contributed by atoms with E-state index in [0.29, 0.717) is 15.8 Å². The third-order valence-electron chi connectivity index (χ3n) is 3.47. The van der Waals surface area contributed by atoms with E-state index < -0.39 is 23.5 Å². The van der Waals surface area contributed by atoms with Crippen LogP contribution in [0.25, 0.3) is 0 Å². The SMILES string of the molecule is CCP(CC)CC.CCP(CC)CC.Fc1[c-]c(F)c(F)c(F)n1.[Cl][Ni]. The van der Waals surface area contributed by atoms with Gasteiger partial charge in [0.15, 0.2) is 5.95 Å². The van der Waals surface area contributed by atoms with Crippen molar-refractivity contribution in [2.45, 2.75) is 41.5 Å². The van der Waals surface area contributed by atoms with Gasteiger partial charge in [0.05, 0.1) is 5.82 Å². The van der Waals surface area contributed by atoms with Gasteiger partial charge in [-0.1, -0.05) is 41.5 Å². The van der Waals surface area contributed by atoms with E-state index in [1.807, 2.05) is 0 Å². The fraction of sp³-hybridized carbons (Fsp3) is 0.706. The van der Waals surface area contributed by atoms with Gasteiger partial charge < -0.3 is 4.39 Å². The summed E-state index contributed by atoms with van der Waals surface area (Å²) in [7, 11) is 5.16. The molecule has 0 atom stereocenters. The van der Waals surface area contributed by atoms with E-state index in [-0.39, 0.29) is 0 Å². The van der Waals surface area contributed by atoms with Crippen LogP contribution in [-0.4, -0.2) is 42.0 Å². The van der Waals surface area contributed by atoms with Crippen molar-refractivity contribution in [3.63, 3.8) is 0 Å². The molecule has 0 spiro atoms. The normalized spacial score (nSPS) is 9.65. The Morgan fingerprint density at radius 3 is 1.27 bits per heavy atom. The molecule has 0 aliphatic rings. The van der Waals surface area contributed by atoms with Crippen LogP contribution in [0.15, 0.2) is 0 Å². The first kappa shape index (κ1) is 31.2. The van der Waals surface area contributed by atoms with E-state index in [1.165, 1.54) is 43.0 Å². The first-order valence-electron chi connectivity index (χ1n) is 8.46. The molecule has 0 aliphatic heterocycles. The van der Waals surface area contributed by atoms with Crippen LogP contribution in [0, 0.1) is 29.6 Å². The molecule has 1 rings (SSSR count). The third kappa shape index (κ3) is 16.7. The third-order valence-corrected chi connectivity index (χ3v) is 8.83. The van der Waals surface area contributed by atoms with Crippen molar-refractivity contribution >= 4 is 26.0 Å². The Kier molecular flexibility index (Phi) is 26.2. The Labute approximate surface area is 171 Å². The molecule has 1 nitrogen and oxygen atoms in total. The van der Waals surface area contributed by atoms with Crippen LogP contribution in [0.3, 0.4) is 0 Å². The summed E-state index contributed by atoms with van der Waals surface area (Å²) < 4.78 is 47.4. The van der Waals surface area contributed by atoms with Crippen LogP contribution >= 0.6 is 26.0 Å². The summed E-state index contributed by atoms with van der Waals surface area (Å²) in [5.74, 6) is -6.82. The summed E-state index contributed by atoms with van der Waals surface area (Å²) in [6.07, 6.45) is 8.51. The van der Waals surface area contributed by atoms with Gasteiger partial charge in [-0.2, -0.15) is 6.07 Å². The Morgan fingerprint density at radius 2 is 1.08 bits per heavy atom. The molecule has 0 amide bonds. The van der Waals surface area contributed by atoms with E-state index in [2.05, 4.69) is 71.3 Å². The van der Waals surface area contributed by atoms with E-state index in [0.717, 1.165) is 0 Å². The molecule has 0 fully saturated rings. The molecule has 0 N–H and O–H groups in total. The minimum atomic E-state index is -1.82. The van der Waals surface area contributed by atoms with Crippen molar-refractivity contribution in [3.8, 4) is 0 Å².